The topological polar surface area (TPSA) is 85.4 Å². The molecule has 1 amide bonds. The second-order valence-electron chi connectivity index (χ2n) is 4.27. The Morgan fingerprint density at radius 1 is 1.32 bits per heavy atom. The van der Waals surface area contributed by atoms with Crippen molar-refractivity contribution in [2.75, 3.05) is 26.1 Å². The molecule has 0 aliphatic carbocycles. The summed E-state index contributed by atoms with van der Waals surface area (Å²) in [4.78, 5) is 20.2. The largest absolute Gasteiger partial charge is 0.481 e. The monoisotopic (exact) mass is 266 g/mol. The quantitative estimate of drug-likeness (QED) is 0.829. The third-order valence-corrected chi connectivity index (χ3v) is 2.96. The van der Waals surface area contributed by atoms with Crippen LogP contribution >= 0.6 is 0 Å². The standard InChI is InChI=1S/C12H18N4O3/c1-18-9-7-10(19-2)15-12(14-9)16-11(17)8-5-3-4-6-13-8/h7-8,13H,3-6H2,1-2H3,(H,14,15,16,17)/t8-/m1/s1. The van der Waals surface area contributed by atoms with Crippen LogP contribution in [0.15, 0.2) is 6.07 Å². The zero-order chi connectivity index (χ0) is 13.7. The first kappa shape index (κ1) is 13.5. The van der Waals surface area contributed by atoms with E-state index in [4.69, 9.17) is 9.47 Å². The summed E-state index contributed by atoms with van der Waals surface area (Å²) in [5.41, 5.74) is 0. The molecule has 1 atom stereocenters. The molecule has 1 saturated heterocycles. The van der Waals surface area contributed by atoms with Gasteiger partial charge in [-0.15, -0.1) is 0 Å². The molecular formula is C12H18N4O3. The highest BCUT2D eigenvalue weighted by Crippen LogP contribution is 2.18. The summed E-state index contributed by atoms with van der Waals surface area (Å²) in [7, 11) is 2.99. The first-order valence-electron chi connectivity index (χ1n) is 6.24. The molecule has 1 fully saturated rings. The molecule has 1 aromatic heterocycles. The summed E-state index contributed by atoms with van der Waals surface area (Å²) in [6, 6.07) is 1.36. The Balaban J connectivity index is 2.06. The maximum atomic E-state index is 12.0. The number of carbonyl (C=O) groups excluding carboxylic acids is 1. The van der Waals surface area contributed by atoms with Crippen LogP contribution in [0.4, 0.5) is 5.95 Å². The van der Waals surface area contributed by atoms with E-state index in [0.29, 0.717) is 11.8 Å². The third-order valence-electron chi connectivity index (χ3n) is 2.96. The number of methoxy groups -OCH3 is 2. The predicted octanol–water partition coefficient (Wildman–Crippen LogP) is 0.574. The van der Waals surface area contributed by atoms with E-state index in [2.05, 4.69) is 20.6 Å². The van der Waals surface area contributed by atoms with Gasteiger partial charge in [0.15, 0.2) is 0 Å². The van der Waals surface area contributed by atoms with Gasteiger partial charge in [-0.05, 0) is 19.4 Å². The molecule has 0 bridgehead atoms. The summed E-state index contributed by atoms with van der Waals surface area (Å²) in [6.45, 7) is 0.861. The van der Waals surface area contributed by atoms with Crippen LogP contribution in [-0.4, -0.2) is 42.7 Å². The molecule has 2 rings (SSSR count). The molecular weight excluding hydrogens is 248 g/mol. The van der Waals surface area contributed by atoms with E-state index in [1.807, 2.05) is 0 Å². The van der Waals surface area contributed by atoms with Gasteiger partial charge in [-0.1, -0.05) is 6.42 Å². The number of hydrogen-bond acceptors (Lipinski definition) is 6. The fraction of sp³-hybridized carbons (Fsp3) is 0.583. The van der Waals surface area contributed by atoms with E-state index in [9.17, 15) is 4.79 Å². The van der Waals surface area contributed by atoms with Crippen molar-refractivity contribution in [1.29, 1.82) is 0 Å². The fourth-order valence-corrected chi connectivity index (χ4v) is 1.94. The summed E-state index contributed by atoms with van der Waals surface area (Å²) >= 11 is 0. The molecule has 2 N–H and O–H groups in total. The number of anilines is 1. The number of aromatic nitrogens is 2. The molecule has 0 aromatic carbocycles. The van der Waals surface area contributed by atoms with Crippen molar-refractivity contribution in [2.45, 2.75) is 25.3 Å². The van der Waals surface area contributed by atoms with Gasteiger partial charge in [0.2, 0.25) is 23.6 Å². The van der Waals surface area contributed by atoms with Gasteiger partial charge in [-0.2, -0.15) is 9.97 Å². The van der Waals surface area contributed by atoms with Crippen LogP contribution in [-0.2, 0) is 4.79 Å². The SMILES string of the molecule is COc1cc(OC)nc(NC(=O)[C@H]2CCCCN2)n1. The molecule has 0 spiro atoms. The highest BCUT2D eigenvalue weighted by Gasteiger charge is 2.21. The van der Waals surface area contributed by atoms with Gasteiger partial charge in [-0.25, -0.2) is 0 Å². The number of amides is 1. The van der Waals surface area contributed by atoms with Crippen molar-refractivity contribution < 1.29 is 14.3 Å². The molecule has 1 aromatic rings. The number of nitrogens with zero attached hydrogens (tertiary/aromatic N) is 2. The highest BCUT2D eigenvalue weighted by atomic mass is 16.5. The summed E-state index contributed by atoms with van der Waals surface area (Å²) < 4.78 is 10.1. The van der Waals surface area contributed by atoms with Gasteiger partial charge in [0.25, 0.3) is 0 Å². The molecule has 7 heteroatoms. The summed E-state index contributed by atoms with van der Waals surface area (Å²) in [6.07, 6.45) is 2.98. The number of nitrogens with one attached hydrogen (secondary N) is 2. The minimum atomic E-state index is -0.186. The van der Waals surface area contributed by atoms with E-state index < -0.39 is 0 Å². The average Bonchev–Trinajstić information content (AvgIpc) is 2.47. The van der Waals surface area contributed by atoms with Gasteiger partial charge >= 0.3 is 0 Å². The first-order valence-corrected chi connectivity index (χ1v) is 6.24. The van der Waals surface area contributed by atoms with Crippen LogP contribution < -0.4 is 20.1 Å². The number of ether oxygens (including phenoxy) is 2. The second-order valence-corrected chi connectivity index (χ2v) is 4.27. The number of rotatable bonds is 4. The van der Waals surface area contributed by atoms with Crippen LogP contribution in [0.25, 0.3) is 0 Å². The molecule has 1 aliphatic heterocycles. The molecule has 1 aliphatic rings. The Hall–Kier alpha value is -1.89. The van der Waals surface area contributed by atoms with Crippen molar-refractivity contribution in [3.63, 3.8) is 0 Å². The number of carbonyl (C=O) groups is 1. The Morgan fingerprint density at radius 2 is 2.00 bits per heavy atom. The molecule has 0 saturated carbocycles. The van der Waals surface area contributed by atoms with E-state index in [-0.39, 0.29) is 17.9 Å². The zero-order valence-electron chi connectivity index (χ0n) is 11.1. The molecule has 19 heavy (non-hydrogen) atoms. The normalized spacial score (nSPS) is 18.7. The molecule has 0 radical (unpaired) electrons. The van der Waals surface area contributed by atoms with Gasteiger partial charge in [0.05, 0.1) is 26.3 Å². The smallest absolute Gasteiger partial charge is 0.243 e. The van der Waals surface area contributed by atoms with Crippen molar-refractivity contribution in [1.82, 2.24) is 15.3 Å². The van der Waals surface area contributed by atoms with Crippen molar-refractivity contribution in [3.05, 3.63) is 6.07 Å². The lowest BCUT2D eigenvalue weighted by atomic mass is 10.0. The lowest BCUT2D eigenvalue weighted by Crippen LogP contribution is -2.43. The molecule has 2 heterocycles. The van der Waals surface area contributed by atoms with Gasteiger partial charge < -0.3 is 14.8 Å². The van der Waals surface area contributed by atoms with Crippen LogP contribution in [0.3, 0.4) is 0 Å². The second kappa shape index (κ2) is 6.33. The van der Waals surface area contributed by atoms with Gasteiger partial charge in [0.1, 0.15) is 0 Å². The Morgan fingerprint density at radius 3 is 2.53 bits per heavy atom. The minimum absolute atomic E-state index is 0.130. The summed E-state index contributed by atoms with van der Waals surface area (Å²) in [5.74, 6) is 0.751. The van der Waals surface area contributed by atoms with Crippen LogP contribution in [0.5, 0.6) is 11.8 Å². The predicted molar refractivity (Wildman–Crippen MR) is 69.4 cm³/mol. The minimum Gasteiger partial charge on any atom is -0.481 e. The Bertz CT molecular complexity index is 424. The number of piperidine rings is 1. The van der Waals surface area contributed by atoms with E-state index in [1.165, 1.54) is 14.2 Å². The lowest BCUT2D eigenvalue weighted by Gasteiger charge is -2.22. The third kappa shape index (κ3) is 3.54. The fourth-order valence-electron chi connectivity index (χ4n) is 1.94. The van der Waals surface area contributed by atoms with Crippen LogP contribution in [0.2, 0.25) is 0 Å². The Labute approximate surface area is 111 Å². The first-order chi connectivity index (χ1) is 9.22. The summed E-state index contributed by atoms with van der Waals surface area (Å²) in [5, 5.41) is 5.84. The van der Waals surface area contributed by atoms with Crippen LogP contribution in [0.1, 0.15) is 19.3 Å². The van der Waals surface area contributed by atoms with Crippen molar-refractivity contribution >= 4 is 11.9 Å². The number of hydrogen-bond donors (Lipinski definition) is 2. The molecule has 104 valence electrons. The van der Waals surface area contributed by atoms with Gasteiger partial charge in [-0.3, -0.25) is 10.1 Å². The molecule has 7 nitrogen and oxygen atoms in total. The highest BCUT2D eigenvalue weighted by molar-refractivity contribution is 5.93. The van der Waals surface area contributed by atoms with Crippen molar-refractivity contribution in [2.24, 2.45) is 0 Å². The average molecular weight is 266 g/mol. The van der Waals surface area contributed by atoms with E-state index in [1.54, 1.807) is 6.07 Å². The van der Waals surface area contributed by atoms with E-state index in [0.717, 1.165) is 25.8 Å². The molecule has 0 unspecified atom stereocenters. The Kier molecular flexibility index (Phi) is 4.51. The maximum absolute atomic E-state index is 12.0. The maximum Gasteiger partial charge on any atom is 0.243 e. The zero-order valence-corrected chi connectivity index (χ0v) is 11.1. The van der Waals surface area contributed by atoms with Crippen LogP contribution in [0, 0.1) is 0 Å². The van der Waals surface area contributed by atoms with Gasteiger partial charge in [0, 0.05) is 0 Å². The lowest BCUT2D eigenvalue weighted by molar-refractivity contribution is -0.118. The van der Waals surface area contributed by atoms with Crippen molar-refractivity contribution in [3.8, 4) is 11.8 Å². The van der Waals surface area contributed by atoms with E-state index >= 15 is 0 Å².